The summed E-state index contributed by atoms with van der Waals surface area (Å²) in [7, 11) is 0. The SMILES string of the molecule is O=C(NC1CCCC1)C1CC(C2CCCCN2c2ncccn2)NN1. The molecule has 3 unspecified atom stereocenters. The van der Waals surface area contributed by atoms with Crippen molar-refractivity contribution < 1.29 is 4.79 Å². The van der Waals surface area contributed by atoms with Crippen LogP contribution in [0.15, 0.2) is 18.5 Å². The van der Waals surface area contributed by atoms with Crippen molar-refractivity contribution in [1.82, 2.24) is 26.1 Å². The number of aromatic nitrogens is 2. The maximum atomic E-state index is 12.5. The van der Waals surface area contributed by atoms with Gasteiger partial charge in [-0.15, -0.1) is 0 Å². The first-order chi connectivity index (χ1) is 12.3. The minimum Gasteiger partial charge on any atom is -0.352 e. The van der Waals surface area contributed by atoms with Crippen molar-refractivity contribution in [2.24, 2.45) is 0 Å². The molecule has 3 aliphatic rings. The minimum absolute atomic E-state index is 0.139. The lowest BCUT2D eigenvalue weighted by Crippen LogP contribution is -2.52. The van der Waals surface area contributed by atoms with Gasteiger partial charge in [0.15, 0.2) is 0 Å². The molecule has 7 nitrogen and oxygen atoms in total. The first kappa shape index (κ1) is 16.7. The molecule has 2 saturated heterocycles. The number of piperidine rings is 1. The number of hydrazine groups is 1. The van der Waals surface area contributed by atoms with Crippen molar-refractivity contribution >= 4 is 11.9 Å². The highest BCUT2D eigenvalue weighted by Crippen LogP contribution is 2.27. The van der Waals surface area contributed by atoms with Crippen LogP contribution >= 0.6 is 0 Å². The van der Waals surface area contributed by atoms with E-state index in [1.807, 2.05) is 6.07 Å². The standard InChI is InChI=1S/C18H28N6O/c25-17(21-13-6-1-2-7-13)15-12-14(22-23-15)16-8-3-4-11-24(16)18-19-9-5-10-20-18/h5,9-10,13-16,22-23H,1-4,6-8,11-12H2,(H,21,25). The van der Waals surface area contributed by atoms with E-state index < -0.39 is 0 Å². The van der Waals surface area contributed by atoms with Crippen LogP contribution in [-0.4, -0.2) is 46.6 Å². The Bertz CT molecular complexity index is 576. The van der Waals surface area contributed by atoms with E-state index in [0.717, 1.165) is 38.2 Å². The summed E-state index contributed by atoms with van der Waals surface area (Å²) in [5.74, 6) is 0.938. The number of rotatable bonds is 4. The molecule has 1 aromatic rings. The molecule has 7 heteroatoms. The fourth-order valence-electron chi connectivity index (χ4n) is 4.44. The van der Waals surface area contributed by atoms with Gasteiger partial charge in [-0.1, -0.05) is 12.8 Å². The lowest BCUT2D eigenvalue weighted by molar-refractivity contribution is -0.123. The third kappa shape index (κ3) is 3.77. The summed E-state index contributed by atoms with van der Waals surface area (Å²) < 4.78 is 0. The molecule has 3 atom stereocenters. The van der Waals surface area contributed by atoms with Crippen LogP contribution in [0, 0.1) is 0 Å². The molecule has 25 heavy (non-hydrogen) atoms. The molecular weight excluding hydrogens is 316 g/mol. The van der Waals surface area contributed by atoms with Crippen molar-refractivity contribution in [3.05, 3.63) is 18.5 Å². The average Bonchev–Trinajstić information content (AvgIpc) is 3.34. The average molecular weight is 344 g/mol. The number of anilines is 1. The van der Waals surface area contributed by atoms with E-state index in [9.17, 15) is 4.79 Å². The second-order valence-electron chi connectivity index (χ2n) is 7.48. The fraction of sp³-hybridized carbons (Fsp3) is 0.722. The van der Waals surface area contributed by atoms with Gasteiger partial charge in [0.2, 0.25) is 11.9 Å². The van der Waals surface area contributed by atoms with E-state index in [2.05, 4.69) is 31.0 Å². The molecule has 1 aromatic heterocycles. The molecule has 3 fully saturated rings. The minimum atomic E-state index is -0.147. The predicted octanol–water partition coefficient (Wildman–Crippen LogP) is 1.13. The Kier molecular flexibility index (Phi) is 5.12. The zero-order chi connectivity index (χ0) is 17.1. The summed E-state index contributed by atoms with van der Waals surface area (Å²) in [5, 5.41) is 3.21. The van der Waals surface area contributed by atoms with Crippen LogP contribution in [0.25, 0.3) is 0 Å². The Hall–Kier alpha value is -1.73. The molecule has 1 aliphatic carbocycles. The van der Waals surface area contributed by atoms with E-state index in [1.54, 1.807) is 12.4 Å². The van der Waals surface area contributed by atoms with E-state index in [1.165, 1.54) is 25.7 Å². The van der Waals surface area contributed by atoms with Gasteiger partial charge in [0.05, 0.1) is 0 Å². The third-order valence-corrected chi connectivity index (χ3v) is 5.77. The Morgan fingerprint density at radius 1 is 1.08 bits per heavy atom. The summed E-state index contributed by atoms with van der Waals surface area (Å²) in [6.07, 6.45) is 12.6. The quantitative estimate of drug-likeness (QED) is 0.760. The monoisotopic (exact) mass is 344 g/mol. The number of nitrogens with zero attached hydrogens (tertiary/aromatic N) is 3. The molecule has 3 heterocycles. The van der Waals surface area contributed by atoms with E-state index in [0.29, 0.717) is 12.1 Å². The summed E-state index contributed by atoms with van der Waals surface area (Å²) in [6.45, 7) is 0.978. The van der Waals surface area contributed by atoms with Crippen molar-refractivity contribution in [3.63, 3.8) is 0 Å². The molecule has 2 aliphatic heterocycles. The van der Waals surface area contributed by atoms with Gasteiger partial charge in [0.25, 0.3) is 0 Å². The second-order valence-corrected chi connectivity index (χ2v) is 7.48. The maximum absolute atomic E-state index is 12.5. The van der Waals surface area contributed by atoms with Gasteiger partial charge in [-0.05, 0) is 44.6 Å². The summed E-state index contributed by atoms with van der Waals surface area (Å²) in [6, 6.07) is 2.64. The molecule has 3 N–H and O–H groups in total. The van der Waals surface area contributed by atoms with Gasteiger partial charge in [0.1, 0.15) is 6.04 Å². The van der Waals surface area contributed by atoms with E-state index in [-0.39, 0.29) is 18.0 Å². The topological polar surface area (TPSA) is 82.2 Å². The molecule has 0 spiro atoms. The highest BCUT2D eigenvalue weighted by Gasteiger charge is 2.38. The van der Waals surface area contributed by atoms with Crippen LogP contribution in [0.4, 0.5) is 5.95 Å². The maximum Gasteiger partial charge on any atom is 0.238 e. The van der Waals surface area contributed by atoms with Gasteiger partial charge >= 0.3 is 0 Å². The predicted molar refractivity (Wildman–Crippen MR) is 95.9 cm³/mol. The lowest BCUT2D eigenvalue weighted by atomic mass is 9.93. The highest BCUT2D eigenvalue weighted by atomic mass is 16.2. The normalized spacial score (nSPS) is 30.6. The summed E-state index contributed by atoms with van der Waals surface area (Å²) in [4.78, 5) is 23.7. The van der Waals surface area contributed by atoms with Crippen LogP contribution in [0.3, 0.4) is 0 Å². The second kappa shape index (κ2) is 7.66. The number of hydrogen-bond acceptors (Lipinski definition) is 6. The Labute approximate surface area is 149 Å². The zero-order valence-electron chi connectivity index (χ0n) is 14.7. The van der Waals surface area contributed by atoms with Crippen molar-refractivity contribution in [2.75, 3.05) is 11.4 Å². The van der Waals surface area contributed by atoms with Crippen LogP contribution in [0.5, 0.6) is 0 Å². The van der Waals surface area contributed by atoms with Gasteiger partial charge in [-0.2, -0.15) is 0 Å². The Morgan fingerprint density at radius 2 is 1.84 bits per heavy atom. The van der Waals surface area contributed by atoms with Gasteiger partial charge < -0.3 is 10.2 Å². The molecule has 1 saturated carbocycles. The summed E-state index contributed by atoms with van der Waals surface area (Å²) >= 11 is 0. The zero-order valence-corrected chi connectivity index (χ0v) is 14.7. The van der Waals surface area contributed by atoms with Crippen LogP contribution in [0.2, 0.25) is 0 Å². The number of carbonyl (C=O) groups excluding carboxylic acids is 1. The Balaban J connectivity index is 1.38. The number of carbonyl (C=O) groups is 1. The number of nitrogens with one attached hydrogen (secondary N) is 3. The number of hydrogen-bond donors (Lipinski definition) is 3. The Morgan fingerprint density at radius 3 is 2.64 bits per heavy atom. The highest BCUT2D eigenvalue weighted by molar-refractivity contribution is 5.82. The van der Waals surface area contributed by atoms with Crippen LogP contribution in [-0.2, 0) is 4.79 Å². The largest absolute Gasteiger partial charge is 0.352 e. The van der Waals surface area contributed by atoms with Gasteiger partial charge in [-0.25, -0.2) is 15.4 Å². The van der Waals surface area contributed by atoms with Crippen molar-refractivity contribution in [2.45, 2.75) is 75.5 Å². The van der Waals surface area contributed by atoms with Crippen molar-refractivity contribution in [1.29, 1.82) is 0 Å². The first-order valence-electron chi connectivity index (χ1n) is 9.66. The third-order valence-electron chi connectivity index (χ3n) is 5.77. The fourth-order valence-corrected chi connectivity index (χ4v) is 4.44. The van der Waals surface area contributed by atoms with E-state index in [4.69, 9.17) is 0 Å². The molecule has 0 aromatic carbocycles. The molecular formula is C18H28N6O. The molecule has 1 amide bonds. The molecule has 4 rings (SSSR count). The molecule has 0 radical (unpaired) electrons. The van der Waals surface area contributed by atoms with E-state index >= 15 is 0 Å². The van der Waals surface area contributed by atoms with Gasteiger partial charge in [0, 0.05) is 37.1 Å². The lowest BCUT2D eigenvalue weighted by Gasteiger charge is -2.38. The van der Waals surface area contributed by atoms with Gasteiger partial charge in [-0.3, -0.25) is 10.2 Å². The molecule has 136 valence electrons. The molecule has 0 bridgehead atoms. The summed E-state index contributed by atoms with van der Waals surface area (Å²) in [5.41, 5.74) is 6.59. The number of amides is 1. The smallest absolute Gasteiger partial charge is 0.238 e. The van der Waals surface area contributed by atoms with Crippen molar-refractivity contribution in [3.8, 4) is 0 Å². The first-order valence-corrected chi connectivity index (χ1v) is 9.66. The van der Waals surface area contributed by atoms with Crippen LogP contribution in [0.1, 0.15) is 51.4 Å². The van der Waals surface area contributed by atoms with Crippen LogP contribution < -0.4 is 21.1 Å².